The second kappa shape index (κ2) is 11.8. The van der Waals surface area contributed by atoms with Crippen molar-refractivity contribution in [3.8, 4) is 11.5 Å². The van der Waals surface area contributed by atoms with E-state index >= 15 is 0 Å². The number of amides is 3. The van der Waals surface area contributed by atoms with Crippen LogP contribution in [0.15, 0.2) is 45.8 Å². The van der Waals surface area contributed by atoms with Crippen LogP contribution in [0.2, 0.25) is 0 Å². The predicted octanol–water partition coefficient (Wildman–Crippen LogP) is 4.78. The molecule has 2 heterocycles. The Labute approximate surface area is 226 Å². The molecule has 2 aromatic rings. The van der Waals surface area contributed by atoms with E-state index in [1.807, 2.05) is 6.92 Å². The molecule has 0 saturated carbocycles. The Morgan fingerprint density at radius 1 is 1.11 bits per heavy atom. The van der Waals surface area contributed by atoms with Crippen LogP contribution >= 0.6 is 27.7 Å². The van der Waals surface area contributed by atoms with E-state index < -0.39 is 17.1 Å². The number of benzene rings is 2. The molecule has 2 aromatic carbocycles. The summed E-state index contributed by atoms with van der Waals surface area (Å²) in [5.74, 6) is -0.830. The molecule has 9 nitrogen and oxygen atoms in total. The van der Waals surface area contributed by atoms with Gasteiger partial charge in [-0.1, -0.05) is 12.1 Å². The molecule has 0 atom stereocenters. The molecular weight excluding hydrogens is 564 g/mol. The van der Waals surface area contributed by atoms with Crippen molar-refractivity contribution in [1.82, 2.24) is 9.80 Å². The van der Waals surface area contributed by atoms with E-state index in [4.69, 9.17) is 14.6 Å². The molecular formula is C26H25BrN2O7S. The monoisotopic (exact) mass is 588 g/mol. The van der Waals surface area contributed by atoms with Gasteiger partial charge in [0.05, 0.1) is 21.5 Å². The first-order chi connectivity index (χ1) is 17.8. The van der Waals surface area contributed by atoms with Crippen molar-refractivity contribution in [3.05, 3.63) is 62.5 Å². The van der Waals surface area contributed by atoms with E-state index in [1.54, 1.807) is 35.2 Å². The maximum absolute atomic E-state index is 12.9. The highest BCUT2D eigenvalue weighted by atomic mass is 79.9. The summed E-state index contributed by atoms with van der Waals surface area (Å²) in [6.07, 6.45) is 3.45. The van der Waals surface area contributed by atoms with Crippen LogP contribution in [-0.2, 0) is 16.2 Å². The second-order valence-corrected chi connectivity index (χ2v) is 10.3. The molecule has 0 aliphatic carbocycles. The van der Waals surface area contributed by atoms with Crippen LogP contribution in [0.1, 0.15) is 41.3 Å². The normalized spacial score (nSPS) is 16.5. The molecule has 194 valence electrons. The zero-order valence-corrected chi connectivity index (χ0v) is 22.5. The molecule has 11 heteroatoms. The molecule has 0 radical (unpaired) electrons. The SMILES string of the molecule is CCOc1cc(/C=C2/SC(=O)N(CC(=O)N3CCCC3)C2=O)cc(Br)c1OCc1ccc(C(=O)O)cc1. The first-order valence-corrected chi connectivity index (χ1v) is 13.3. The molecule has 4 rings (SSSR count). The number of hydrogen-bond donors (Lipinski definition) is 1. The van der Waals surface area contributed by atoms with E-state index in [9.17, 15) is 19.2 Å². The van der Waals surface area contributed by atoms with Gasteiger partial charge in [-0.3, -0.25) is 19.3 Å². The van der Waals surface area contributed by atoms with Crippen LogP contribution in [0.5, 0.6) is 11.5 Å². The first-order valence-electron chi connectivity index (χ1n) is 11.7. The molecule has 1 N–H and O–H groups in total. The highest BCUT2D eigenvalue weighted by Crippen LogP contribution is 2.39. The Bertz CT molecular complexity index is 1260. The number of aromatic carboxylic acids is 1. The minimum absolute atomic E-state index is 0.182. The summed E-state index contributed by atoms with van der Waals surface area (Å²) in [6, 6.07) is 9.82. The van der Waals surface area contributed by atoms with E-state index in [0.29, 0.717) is 41.2 Å². The Morgan fingerprint density at radius 3 is 2.46 bits per heavy atom. The van der Waals surface area contributed by atoms with Crippen LogP contribution in [0, 0.1) is 0 Å². The largest absolute Gasteiger partial charge is 0.490 e. The molecule has 3 amide bonds. The average molecular weight is 589 g/mol. The van der Waals surface area contributed by atoms with Crippen molar-refractivity contribution in [2.45, 2.75) is 26.4 Å². The Morgan fingerprint density at radius 2 is 1.81 bits per heavy atom. The molecule has 2 aliphatic heterocycles. The van der Waals surface area contributed by atoms with Gasteiger partial charge in [-0.05, 0) is 88.9 Å². The number of ether oxygens (including phenoxy) is 2. The number of hydrogen-bond acceptors (Lipinski definition) is 7. The fraction of sp³-hybridized carbons (Fsp3) is 0.308. The molecule has 0 aromatic heterocycles. The molecule has 2 aliphatic rings. The van der Waals surface area contributed by atoms with Gasteiger partial charge >= 0.3 is 5.97 Å². The third kappa shape index (κ3) is 6.34. The number of carbonyl (C=O) groups is 4. The van der Waals surface area contributed by atoms with Gasteiger partial charge in [0.2, 0.25) is 5.91 Å². The van der Waals surface area contributed by atoms with Crippen LogP contribution < -0.4 is 9.47 Å². The Hall–Kier alpha value is -3.31. The number of imide groups is 1. The third-order valence-corrected chi connectivity index (χ3v) is 7.34. The van der Waals surface area contributed by atoms with Crippen molar-refractivity contribution in [3.63, 3.8) is 0 Å². The number of thioether (sulfide) groups is 1. The zero-order chi connectivity index (χ0) is 26.5. The number of carboxylic acids is 1. The second-order valence-electron chi connectivity index (χ2n) is 8.41. The molecule has 37 heavy (non-hydrogen) atoms. The standard InChI is InChI=1S/C26H25BrN2O7S/c1-2-35-20-12-17(11-19(27)23(20)36-15-16-5-7-18(8-6-16)25(32)33)13-21-24(31)29(26(34)37-21)14-22(30)28-9-3-4-10-28/h5-8,11-13H,2-4,9-10,14-15H2,1H3,(H,32,33)/b21-13+. The summed E-state index contributed by atoms with van der Waals surface area (Å²) in [7, 11) is 0. The van der Waals surface area contributed by atoms with E-state index in [2.05, 4.69) is 15.9 Å². The van der Waals surface area contributed by atoms with Gasteiger partial charge in [0, 0.05) is 13.1 Å². The molecule has 0 unspecified atom stereocenters. The highest BCUT2D eigenvalue weighted by Gasteiger charge is 2.37. The van der Waals surface area contributed by atoms with Crippen LogP contribution in [0.3, 0.4) is 0 Å². The van der Waals surface area contributed by atoms with Crippen LogP contribution in [0.4, 0.5) is 4.79 Å². The maximum Gasteiger partial charge on any atom is 0.335 e. The van der Waals surface area contributed by atoms with Crippen molar-refractivity contribution in [2.75, 3.05) is 26.2 Å². The van der Waals surface area contributed by atoms with E-state index in [-0.39, 0.29) is 29.5 Å². The fourth-order valence-electron chi connectivity index (χ4n) is 3.96. The number of nitrogens with zero attached hydrogens (tertiary/aromatic N) is 2. The summed E-state index contributed by atoms with van der Waals surface area (Å²) in [5, 5.41) is 8.58. The van der Waals surface area contributed by atoms with Crippen LogP contribution in [-0.4, -0.2) is 64.2 Å². The number of rotatable bonds is 9. The maximum atomic E-state index is 12.9. The summed E-state index contributed by atoms with van der Waals surface area (Å²) < 4.78 is 12.3. The first kappa shape index (κ1) is 26.7. The topological polar surface area (TPSA) is 113 Å². The van der Waals surface area contributed by atoms with Gasteiger partial charge in [0.15, 0.2) is 11.5 Å². The van der Waals surface area contributed by atoms with Gasteiger partial charge in [0.1, 0.15) is 13.2 Å². The van der Waals surface area contributed by atoms with Gasteiger partial charge < -0.3 is 19.5 Å². The van der Waals surface area contributed by atoms with E-state index in [1.165, 1.54) is 12.1 Å². The molecule has 0 spiro atoms. The molecule has 0 bridgehead atoms. The smallest absolute Gasteiger partial charge is 0.335 e. The van der Waals surface area contributed by atoms with Crippen molar-refractivity contribution in [1.29, 1.82) is 0 Å². The number of halogens is 1. The number of carbonyl (C=O) groups excluding carboxylic acids is 3. The summed E-state index contributed by atoms with van der Waals surface area (Å²) in [6.45, 7) is 3.44. The quantitative estimate of drug-likeness (QED) is 0.416. The predicted molar refractivity (Wildman–Crippen MR) is 142 cm³/mol. The summed E-state index contributed by atoms with van der Waals surface area (Å²) >= 11 is 4.30. The highest BCUT2D eigenvalue weighted by molar-refractivity contribution is 9.10. The fourth-order valence-corrected chi connectivity index (χ4v) is 5.38. The third-order valence-electron chi connectivity index (χ3n) is 5.84. The number of carboxylic acid groups (broad SMARTS) is 1. The lowest BCUT2D eigenvalue weighted by Gasteiger charge is -2.18. The Balaban J connectivity index is 1.50. The number of likely N-dealkylation sites (tertiary alicyclic amines) is 1. The van der Waals surface area contributed by atoms with Gasteiger partial charge in [-0.25, -0.2) is 4.79 Å². The van der Waals surface area contributed by atoms with E-state index in [0.717, 1.165) is 35.1 Å². The molecule has 2 saturated heterocycles. The lowest BCUT2D eigenvalue weighted by molar-refractivity contribution is -0.135. The minimum Gasteiger partial charge on any atom is -0.490 e. The lowest BCUT2D eigenvalue weighted by atomic mass is 10.1. The lowest BCUT2D eigenvalue weighted by Crippen LogP contribution is -2.40. The van der Waals surface area contributed by atoms with Crippen molar-refractivity contribution >= 4 is 56.8 Å². The van der Waals surface area contributed by atoms with Crippen molar-refractivity contribution in [2.24, 2.45) is 0 Å². The summed E-state index contributed by atoms with van der Waals surface area (Å²) in [4.78, 5) is 51.8. The van der Waals surface area contributed by atoms with Gasteiger partial charge in [-0.2, -0.15) is 0 Å². The zero-order valence-electron chi connectivity index (χ0n) is 20.1. The average Bonchev–Trinajstić information content (AvgIpc) is 3.49. The van der Waals surface area contributed by atoms with Crippen molar-refractivity contribution < 1.29 is 33.8 Å². The summed E-state index contributed by atoms with van der Waals surface area (Å²) in [5.41, 5.74) is 1.58. The van der Waals surface area contributed by atoms with Crippen LogP contribution in [0.25, 0.3) is 6.08 Å². The minimum atomic E-state index is -1.000. The van der Waals surface area contributed by atoms with Gasteiger partial charge in [0.25, 0.3) is 11.1 Å². The Kier molecular flexibility index (Phi) is 8.55. The van der Waals surface area contributed by atoms with Gasteiger partial charge in [-0.15, -0.1) is 0 Å². The molecule has 2 fully saturated rings.